The Bertz CT molecular complexity index is 1270. The zero-order valence-corrected chi connectivity index (χ0v) is 21.1. The predicted molar refractivity (Wildman–Crippen MR) is 131 cm³/mol. The van der Waals surface area contributed by atoms with Gasteiger partial charge in [-0.2, -0.15) is 13.2 Å². The number of hydrogen-bond acceptors (Lipinski definition) is 5. The molecule has 1 heterocycles. The highest BCUT2D eigenvalue weighted by Crippen LogP contribution is 2.37. The van der Waals surface area contributed by atoms with E-state index in [1.54, 1.807) is 0 Å². The van der Waals surface area contributed by atoms with Crippen molar-refractivity contribution < 1.29 is 36.9 Å². The summed E-state index contributed by atoms with van der Waals surface area (Å²) < 4.78 is 66.1. The zero-order chi connectivity index (χ0) is 27.3. The summed E-state index contributed by atoms with van der Waals surface area (Å²) in [6, 6.07) is 10.0. The Morgan fingerprint density at radius 3 is 2.38 bits per heavy atom. The van der Waals surface area contributed by atoms with Crippen molar-refractivity contribution in [2.24, 2.45) is 0 Å². The van der Waals surface area contributed by atoms with Gasteiger partial charge in [-0.1, -0.05) is 23.2 Å². The Labute approximate surface area is 220 Å². The predicted octanol–water partition coefficient (Wildman–Crippen LogP) is 6.04. The number of ether oxygens (including phenoxy) is 2. The minimum atomic E-state index is -4.76. The quantitative estimate of drug-likeness (QED) is 0.312. The molecule has 0 fully saturated rings. The van der Waals surface area contributed by atoms with E-state index in [4.69, 9.17) is 32.7 Å². The van der Waals surface area contributed by atoms with Crippen LogP contribution in [0.2, 0.25) is 10.0 Å². The molecule has 0 aliphatic carbocycles. The minimum absolute atomic E-state index is 0.0136. The van der Waals surface area contributed by atoms with E-state index in [1.165, 1.54) is 50.4 Å². The van der Waals surface area contributed by atoms with Crippen LogP contribution in [0.5, 0.6) is 11.5 Å². The second-order valence-electron chi connectivity index (χ2n) is 8.03. The van der Waals surface area contributed by atoms with Gasteiger partial charge in [0.05, 0.1) is 29.0 Å². The van der Waals surface area contributed by atoms with Gasteiger partial charge in [-0.15, -0.1) is 0 Å². The molecular formula is C25H22Cl2F4N2O4. The number of benzene rings is 2. The molecule has 2 atom stereocenters. The molecular weight excluding hydrogens is 539 g/mol. The number of methoxy groups -OCH3 is 1. The topological polar surface area (TPSA) is 80.7 Å². The van der Waals surface area contributed by atoms with E-state index in [0.29, 0.717) is 0 Å². The normalized spacial score (nSPS) is 13.1. The number of aliphatic hydroxyl groups is 1. The molecule has 3 aromatic rings. The maximum Gasteiger partial charge on any atom is 0.398 e. The Balaban J connectivity index is 1.85. The van der Waals surface area contributed by atoms with Gasteiger partial charge in [0.2, 0.25) is 0 Å². The van der Waals surface area contributed by atoms with Crippen molar-refractivity contribution in [1.82, 2.24) is 10.3 Å². The van der Waals surface area contributed by atoms with Crippen LogP contribution in [0.15, 0.2) is 48.5 Å². The van der Waals surface area contributed by atoms with Crippen molar-refractivity contribution >= 4 is 29.1 Å². The fourth-order valence-corrected chi connectivity index (χ4v) is 3.74. The minimum Gasteiger partial charge on any atom is -0.494 e. The molecule has 0 saturated heterocycles. The highest BCUT2D eigenvalue weighted by molar-refractivity contribution is 6.32. The van der Waals surface area contributed by atoms with E-state index in [2.05, 4.69) is 10.3 Å². The number of aliphatic hydroxyl groups excluding tert-OH is 1. The molecule has 6 nitrogen and oxygen atoms in total. The number of halogens is 6. The number of aromatic nitrogens is 1. The van der Waals surface area contributed by atoms with Crippen LogP contribution < -0.4 is 14.8 Å². The summed E-state index contributed by atoms with van der Waals surface area (Å²) in [4.78, 5) is 16.7. The maximum atomic E-state index is 14.0. The highest BCUT2D eigenvalue weighted by Gasteiger charge is 2.42. The first-order valence-electron chi connectivity index (χ1n) is 10.9. The molecule has 12 heteroatoms. The first-order valence-corrected chi connectivity index (χ1v) is 11.6. The van der Waals surface area contributed by atoms with E-state index in [9.17, 15) is 27.5 Å². The van der Waals surface area contributed by atoms with Gasteiger partial charge >= 0.3 is 6.18 Å². The molecule has 0 saturated carbocycles. The Hall–Kier alpha value is -3.08. The Morgan fingerprint density at radius 1 is 1.08 bits per heavy atom. The lowest BCUT2D eigenvalue weighted by Crippen LogP contribution is -2.35. The number of amides is 1. The van der Waals surface area contributed by atoms with Crippen molar-refractivity contribution in [2.75, 3.05) is 20.3 Å². The first-order chi connectivity index (χ1) is 17.4. The van der Waals surface area contributed by atoms with Crippen molar-refractivity contribution in [1.29, 1.82) is 0 Å². The molecule has 0 aliphatic heterocycles. The summed E-state index contributed by atoms with van der Waals surface area (Å²) in [7, 11) is 1.32. The number of hydrogen-bond donors (Lipinski definition) is 2. The van der Waals surface area contributed by atoms with Crippen molar-refractivity contribution in [3.8, 4) is 22.8 Å². The van der Waals surface area contributed by atoms with E-state index in [0.717, 1.165) is 12.1 Å². The number of carbonyl (C=O) groups excluding carboxylic acids is 1. The monoisotopic (exact) mass is 560 g/mol. The third-order valence-corrected chi connectivity index (χ3v) is 5.77. The van der Waals surface area contributed by atoms with Crippen molar-refractivity contribution in [3.63, 3.8) is 0 Å². The lowest BCUT2D eigenvalue weighted by Gasteiger charge is -2.22. The van der Waals surface area contributed by atoms with E-state index >= 15 is 0 Å². The molecule has 0 bridgehead atoms. The average Bonchev–Trinajstić information content (AvgIpc) is 2.84. The number of nitrogens with zero attached hydrogens (tertiary/aromatic N) is 1. The average molecular weight is 561 g/mol. The molecule has 0 spiro atoms. The SMILES string of the molecule is COc1ccc(C(CNC(=O)c2ccc(OC[C@@H](C)O)c(Cl)c2)C(F)(F)F)nc1-c1ccc(F)c(Cl)c1. The molecule has 2 N–H and O–H groups in total. The van der Waals surface area contributed by atoms with Crippen LogP contribution in [0, 0.1) is 5.82 Å². The third-order valence-electron chi connectivity index (χ3n) is 5.19. The zero-order valence-electron chi connectivity index (χ0n) is 19.6. The number of rotatable bonds is 9. The number of pyridine rings is 1. The lowest BCUT2D eigenvalue weighted by atomic mass is 10.0. The molecule has 37 heavy (non-hydrogen) atoms. The lowest BCUT2D eigenvalue weighted by molar-refractivity contribution is -0.149. The number of carbonyl (C=O) groups is 1. The van der Waals surface area contributed by atoms with Crippen molar-refractivity contribution in [2.45, 2.75) is 25.1 Å². The van der Waals surface area contributed by atoms with Gasteiger partial charge in [0.1, 0.15) is 35.5 Å². The van der Waals surface area contributed by atoms with Crippen LogP contribution in [0.25, 0.3) is 11.3 Å². The van der Waals surface area contributed by atoms with Gasteiger partial charge in [0.25, 0.3) is 5.91 Å². The molecule has 0 radical (unpaired) electrons. The molecule has 0 aliphatic rings. The standard InChI is InChI=1S/C25H22Cl2F4N2O4/c1-13(34)12-37-21-7-4-15(10-18(21)27)24(35)32-11-16(25(29,30)31)20-6-8-22(36-2)23(33-20)14-3-5-19(28)17(26)9-14/h3-10,13,16,34H,11-12H2,1-2H3,(H,32,35)/t13-,16?/m1/s1. The maximum absolute atomic E-state index is 14.0. The fourth-order valence-electron chi connectivity index (χ4n) is 3.32. The van der Waals surface area contributed by atoms with Gasteiger partial charge in [-0.05, 0) is 55.5 Å². The summed E-state index contributed by atoms with van der Waals surface area (Å²) in [6.07, 6.45) is -5.51. The van der Waals surface area contributed by atoms with Gasteiger partial charge < -0.3 is 19.9 Å². The molecule has 1 amide bonds. The third kappa shape index (κ3) is 7.24. The highest BCUT2D eigenvalue weighted by atomic mass is 35.5. The molecule has 2 aromatic carbocycles. The second kappa shape index (κ2) is 12.0. The smallest absolute Gasteiger partial charge is 0.398 e. The Kier molecular flexibility index (Phi) is 9.22. The first kappa shape index (κ1) is 28.5. The van der Waals surface area contributed by atoms with Crippen molar-refractivity contribution in [3.05, 3.63) is 75.7 Å². The van der Waals surface area contributed by atoms with Crippen LogP contribution in [-0.2, 0) is 0 Å². The van der Waals surface area contributed by atoms with Crippen LogP contribution in [0.4, 0.5) is 17.6 Å². The van der Waals surface area contributed by atoms with Crippen LogP contribution in [0.3, 0.4) is 0 Å². The summed E-state index contributed by atoms with van der Waals surface area (Å²) in [5.41, 5.74) is -0.0896. The molecule has 1 unspecified atom stereocenters. The fraction of sp³-hybridized carbons (Fsp3) is 0.280. The van der Waals surface area contributed by atoms with Crippen LogP contribution in [-0.4, -0.2) is 48.5 Å². The Morgan fingerprint density at radius 2 is 1.78 bits per heavy atom. The van der Waals surface area contributed by atoms with Gasteiger partial charge in [-0.3, -0.25) is 4.79 Å². The van der Waals surface area contributed by atoms with Crippen LogP contribution >= 0.6 is 23.2 Å². The molecule has 198 valence electrons. The van der Waals surface area contributed by atoms with E-state index < -0.39 is 36.5 Å². The summed E-state index contributed by atoms with van der Waals surface area (Å²) in [5, 5.41) is 11.4. The summed E-state index contributed by atoms with van der Waals surface area (Å²) >= 11 is 11.9. The van der Waals surface area contributed by atoms with Gasteiger partial charge in [0.15, 0.2) is 0 Å². The summed E-state index contributed by atoms with van der Waals surface area (Å²) in [6.45, 7) is 0.672. The van der Waals surface area contributed by atoms with Gasteiger partial charge in [0, 0.05) is 17.7 Å². The second-order valence-corrected chi connectivity index (χ2v) is 8.84. The largest absolute Gasteiger partial charge is 0.494 e. The molecule has 3 rings (SSSR count). The summed E-state index contributed by atoms with van der Waals surface area (Å²) in [5.74, 6) is -3.29. The van der Waals surface area contributed by atoms with Gasteiger partial charge in [-0.25, -0.2) is 9.37 Å². The van der Waals surface area contributed by atoms with E-state index in [1.807, 2.05) is 0 Å². The van der Waals surface area contributed by atoms with Crippen LogP contribution in [0.1, 0.15) is 28.9 Å². The molecule has 1 aromatic heterocycles. The number of nitrogens with one attached hydrogen (secondary N) is 1. The number of alkyl halides is 3. The van der Waals surface area contributed by atoms with E-state index in [-0.39, 0.29) is 50.7 Å².